The highest BCUT2D eigenvalue weighted by atomic mass is 16.2. The van der Waals surface area contributed by atoms with Crippen LogP contribution in [0.3, 0.4) is 0 Å². The quantitative estimate of drug-likeness (QED) is 0.823. The van der Waals surface area contributed by atoms with E-state index in [4.69, 9.17) is 0 Å². The number of aryl methyl sites for hydroxylation is 1. The van der Waals surface area contributed by atoms with Crippen molar-refractivity contribution in [2.24, 2.45) is 5.92 Å². The van der Waals surface area contributed by atoms with Gasteiger partial charge in [0, 0.05) is 44.2 Å². The summed E-state index contributed by atoms with van der Waals surface area (Å²) in [5, 5.41) is 0. The van der Waals surface area contributed by atoms with Crippen molar-refractivity contribution in [1.82, 2.24) is 9.80 Å². The van der Waals surface area contributed by atoms with Crippen LogP contribution in [0.15, 0.2) is 24.3 Å². The lowest BCUT2D eigenvalue weighted by atomic mass is 10.0. The number of likely N-dealkylation sites (N-methyl/N-ethyl adjacent to an activating group) is 1. The van der Waals surface area contributed by atoms with Gasteiger partial charge >= 0.3 is 0 Å². The van der Waals surface area contributed by atoms with Crippen molar-refractivity contribution in [3.63, 3.8) is 0 Å². The Kier molecular flexibility index (Phi) is 5.42. The van der Waals surface area contributed by atoms with E-state index in [1.807, 2.05) is 28.0 Å². The lowest BCUT2D eigenvalue weighted by Gasteiger charge is -2.29. The number of carbonyl (C=O) groups excluding carboxylic acids is 2. The van der Waals surface area contributed by atoms with Gasteiger partial charge in [-0.3, -0.25) is 9.59 Å². The Bertz CT molecular complexity index is 644. The van der Waals surface area contributed by atoms with Crippen LogP contribution < -0.4 is 4.90 Å². The molecule has 0 N–H and O–H groups in total. The van der Waals surface area contributed by atoms with Crippen molar-refractivity contribution in [1.29, 1.82) is 0 Å². The van der Waals surface area contributed by atoms with Crippen LogP contribution in [0.1, 0.15) is 31.7 Å². The van der Waals surface area contributed by atoms with Crippen LogP contribution in [0.4, 0.5) is 5.69 Å². The minimum atomic E-state index is 0.175. The normalized spacial score (nSPS) is 23.3. The van der Waals surface area contributed by atoms with Crippen molar-refractivity contribution in [3.8, 4) is 0 Å². The first-order valence-corrected chi connectivity index (χ1v) is 9.30. The Morgan fingerprint density at radius 3 is 2.68 bits per heavy atom. The minimum absolute atomic E-state index is 0.175. The minimum Gasteiger partial charge on any atom is -0.341 e. The monoisotopic (exact) mass is 343 g/mol. The highest BCUT2D eigenvalue weighted by Gasteiger charge is 2.33. The molecule has 1 aromatic rings. The van der Waals surface area contributed by atoms with Crippen LogP contribution in [0.25, 0.3) is 0 Å². The predicted molar refractivity (Wildman–Crippen MR) is 99.6 cm³/mol. The number of benzene rings is 1. The van der Waals surface area contributed by atoms with Gasteiger partial charge in [-0.15, -0.1) is 0 Å². The van der Waals surface area contributed by atoms with Crippen LogP contribution >= 0.6 is 0 Å². The van der Waals surface area contributed by atoms with Crippen molar-refractivity contribution in [2.75, 3.05) is 38.6 Å². The fourth-order valence-electron chi connectivity index (χ4n) is 4.11. The molecule has 0 bridgehead atoms. The summed E-state index contributed by atoms with van der Waals surface area (Å²) in [6.07, 6.45) is 2.62. The zero-order chi connectivity index (χ0) is 18.0. The number of rotatable bonds is 5. The first kappa shape index (κ1) is 17.9. The standard InChI is InChI=1S/C20H29N3O2/c1-15-13-22(14-18(15)21(2)3)19(24)9-6-12-23-17-8-5-4-7-16(17)10-11-20(23)25/h4-5,7-8,15,18H,6,9-14H2,1-3H3/t15-,18+/m1/s1. The number of anilines is 1. The highest BCUT2D eigenvalue weighted by molar-refractivity contribution is 5.96. The second-order valence-corrected chi connectivity index (χ2v) is 7.58. The molecule has 25 heavy (non-hydrogen) atoms. The number of carbonyl (C=O) groups is 2. The maximum Gasteiger partial charge on any atom is 0.227 e. The largest absolute Gasteiger partial charge is 0.341 e. The lowest BCUT2D eigenvalue weighted by molar-refractivity contribution is -0.130. The smallest absolute Gasteiger partial charge is 0.227 e. The Labute approximate surface area is 150 Å². The van der Waals surface area contributed by atoms with Gasteiger partial charge in [-0.25, -0.2) is 0 Å². The summed E-state index contributed by atoms with van der Waals surface area (Å²) in [7, 11) is 4.16. The van der Waals surface area contributed by atoms with E-state index in [2.05, 4.69) is 32.0 Å². The fraction of sp³-hybridized carbons (Fsp3) is 0.600. The van der Waals surface area contributed by atoms with Crippen molar-refractivity contribution in [2.45, 2.75) is 38.6 Å². The summed E-state index contributed by atoms with van der Waals surface area (Å²) in [5.41, 5.74) is 2.25. The van der Waals surface area contributed by atoms with E-state index in [9.17, 15) is 9.59 Å². The molecule has 2 heterocycles. The van der Waals surface area contributed by atoms with Gasteiger partial charge in [0.15, 0.2) is 0 Å². The zero-order valence-corrected chi connectivity index (χ0v) is 15.6. The molecule has 1 fully saturated rings. The van der Waals surface area contributed by atoms with Crippen molar-refractivity contribution >= 4 is 17.5 Å². The second kappa shape index (κ2) is 7.56. The molecule has 0 radical (unpaired) electrons. The van der Waals surface area contributed by atoms with Crippen LogP contribution in [-0.2, 0) is 16.0 Å². The summed E-state index contributed by atoms with van der Waals surface area (Å²) in [6, 6.07) is 8.54. The third kappa shape index (κ3) is 3.87. The van der Waals surface area contributed by atoms with Gasteiger partial charge in [0.05, 0.1) is 0 Å². The van der Waals surface area contributed by atoms with Gasteiger partial charge in [-0.05, 0) is 44.5 Å². The third-order valence-electron chi connectivity index (χ3n) is 5.55. The number of likely N-dealkylation sites (tertiary alicyclic amines) is 1. The molecule has 5 heteroatoms. The molecule has 2 aliphatic heterocycles. The molecule has 1 saturated heterocycles. The van der Waals surface area contributed by atoms with Crippen molar-refractivity contribution < 1.29 is 9.59 Å². The second-order valence-electron chi connectivity index (χ2n) is 7.58. The van der Waals surface area contributed by atoms with Crippen LogP contribution in [0.5, 0.6) is 0 Å². The number of hydrogen-bond acceptors (Lipinski definition) is 3. The molecule has 2 amide bonds. The van der Waals surface area contributed by atoms with Crippen molar-refractivity contribution in [3.05, 3.63) is 29.8 Å². The summed E-state index contributed by atoms with van der Waals surface area (Å²) >= 11 is 0. The number of para-hydroxylation sites is 1. The molecule has 0 saturated carbocycles. The molecule has 1 aromatic carbocycles. The van der Waals surface area contributed by atoms with E-state index in [0.29, 0.717) is 31.3 Å². The maximum absolute atomic E-state index is 12.5. The predicted octanol–water partition coefficient (Wildman–Crippen LogP) is 2.15. The summed E-state index contributed by atoms with van der Waals surface area (Å²) in [5.74, 6) is 0.900. The topological polar surface area (TPSA) is 43.9 Å². The average molecular weight is 343 g/mol. The molecule has 0 unspecified atom stereocenters. The van der Waals surface area contributed by atoms with E-state index in [-0.39, 0.29) is 11.8 Å². The molecule has 136 valence electrons. The molecule has 2 aliphatic rings. The number of amides is 2. The summed E-state index contributed by atoms with van der Waals surface area (Å²) < 4.78 is 0. The first-order valence-electron chi connectivity index (χ1n) is 9.30. The molecular weight excluding hydrogens is 314 g/mol. The van der Waals surface area contributed by atoms with E-state index in [0.717, 1.165) is 31.6 Å². The SMILES string of the molecule is C[C@@H]1CN(C(=O)CCCN2C(=O)CCc3ccccc32)C[C@@H]1N(C)C. The highest BCUT2D eigenvalue weighted by Crippen LogP contribution is 2.28. The Balaban J connectivity index is 1.53. The van der Waals surface area contributed by atoms with Gasteiger partial charge in [-0.1, -0.05) is 25.1 Å². The van der Waals surface area contributed by atoms with Crippen LogP contribution in [-0.4, -0.2) is 61.4 Å². The first-order chi connectivity index (χ1) is 12.0. The summed E-state index contributed by atoms with van der Waals surface area (Å²) in [4.78, 5) is 30.9. The molecular formula is C20H29N3O2. The van der Waals surface area contributed by atoms with E-state index in [1.165, 1.54) is 5.56 Å². The average Bonchev–Trinajstić information content (AvgIpc) is 2.99. The lowest BCUT2D eigenvalue weighted by Crippen LogP contribution is -2.37. The number of nitrogens with zero attached hydrogens (tertiary/aromatic N) is 3. The number of hydrogen-bond donors (Lipinski definition) is 0. The van der Waals surface area contributed by atoms with Crippen LogP contribution in [0.2, 0.25) is 0 Å². The Hall–Kier alpha value is -1.88. The molecule has 5 nitrogen and oxygen atoms in total. The van der Waals surface area contributed by atoms with Gasteiger partial charge in [0.25, 0.3) is 0 Å². The Morgan fingerprint density at radius 1 is 1.20 bits per heavy atom. The maximum atomic E-state index is 12.5. The zero-order valence-electron chi connectivity index (χ0n) is 15.6. The van der Waals surface area contributed by atoms with E-state index >= 15 is 0 Å². The summed E-state index contributed by atoms with van der Waals surface area (Å²) in [6.45, 7) is 4.50. The van der Waals surface area contributed by atoms with E-state index < -0.39 is 0 Å². The van der Waals surface area contributed by atoms with Crippen LogP contribution in [0, 0.1) is 5.92 Å². The Morgan fingerprint density at radius 2 is 1.96 bits per heavy atom. The molecule has 0 aliphatic carbocycles. The van der Waals surface area contributed by atoms with Gasteiger partial charge in [0.2, 0.25) is 11.8 Å². The molecule has 3 rings (SSSR count). The molecule has 0 spiro atoms. The van der Waals surface area contributed by atoms with Gasteiger partial charge < -0.3 is 14.7 Å². The van der Waals surface area contributed by atoms with E-state index in [1.54, 1.807) is 0 Å². The fourth-order valence-corrected chi connectivity index (χ4v) is 4.11. The molecule has 0 aromatic heterocycles. The third-order valence-corrected chi connectivity index (χ3v) is 5.55. The molecule has 2 atom stereocenters. The van der Waals surface area contributed by atoms with Gasteiger partial charge in [0.1, 0.15) is 0 Å². The van der Waals surface area contributed by atoms with Gasteiger partial charge in [-0.2, -0.15) is 0 Å². The number of fused-ring (bicyclic) bond motifs is 1.